The van der Waals surface area contributed by atoms with Gasteiger partial charge in [0.1, 0.15) is 0 Å². The number of likely N-dealkylation sites (tertiary alicyclic amines) is 1. The molecule has 1 aliphatic rings. The van der Waals surface area contributed by atoms with Crippen LogP contribution in [0.1, 0.15) is 37.7 Å². The van der Waals surface area contributed by atoms with Crippen LogP contribution in [0.15, 0.2) is 24.3 Å². The number of carbonyl (C=O) groups is 2. The third-order valence-electron chi connectivity index (χ3n) is 4.05. The number of aryl methyl sites for hydroxylation is 1. The molecule has 23 heavy (non-hydrogen) atoms. The highest BCUT2D eigenvalue weighted by Gasteiger charge is 2.16. The molecule has 0 saturated carbocycles. The molecule has 128 valence electrons. The molecule has 0 bridgehead atoms. The van der Waals surface area contributed by atoms with Gasteiger partial charge in [0, 0.05) is 38.2 Å². The van der Waals surface area contributed by atoms with Crippen LogP contribution in [-0.4, -0.2) is 36.3 Å². The van der Waals surface area contributed by atoms with Crippen molar-refractivity contribution in [3.63, 3.8) is 0 Å². The number of nitrogens with one attached hydrogen (secondary N) is 1. The van der Waals surface area contributed by atoms with Gasteiger partial charge >= 0.3 is 0 Å². The van der Waals surface area contributed by atoms with E-state index in [4.69, 9.17) is 5.73 Å². The van der Waals surface area contributed by atoms with Gasteiger partial charge in [0.05, 0.1) is 0 Å². The Morgan fingerprint density at radius 3 is 2.48 bits per heavy atom. The number of hydrogen-bond acceptors (Lipinski definition) is 3. The fourth-order valence-electron chi connectivity index (χ4n) is 2.71. The second-order valence-electron chi connectivity index (χ2n) is 5.74. The molecular weight excluding hydrogens is 314 g/mol. The largest absolute Gasteiger partial charge is 0.399 e. The molecule has 1 aromatic rings. The maximum absolute atomic E-state index is 12.0. The molecule has 2 amide bonds. The highest BCUT2D eigenvalue weighted by Crippen LogP contribution is 2.12. The van der Waals surface area contributed by atoms with Gasteiger partial charge in [-0.1, -0.05) is 18.2 Å². The van der Waals surface area contributed by atoms with Crippen LogP contribution in [0.25, 0.3) is 0 Å². The molecule has 0 spiro atoms. The summed E-state index contributed by atoms with van der Waals surface area (Å²) in [5.41, 5.74) is 7.55. The molecular formula is C17H26ClN3O2. The Labute approximate surface area is 144 Å². The lowest BCUT2D eigenvalue weighted by molar-refractivity contribution is -0.132. The average molecular weight is 340 g/mol. The van der Waals surface area contributed by atoms with Gasteiger partial charge < -0.3 is 16.0 Å². The van der Waals surface area contributed by atoms with Crippen molar-refractivity contribution in [1.29, 1.82) is 0 Å². The van der Waals surface area contributed by atoms with Gasteiger partial charge in [-0.15, -0.1) is 12.4 Å². The Balaban J connectivity index is 0.00000264. The number of halogens is 1. The van der Waals surface area contributed by atoms with Crippen molar-refractivity contribution >= 4 is 29.9 Å². The summed E-state index contributed by atoms with van der Waals surface area (Å²) >= 11 is 0. The summed E-state index contributed by atoms with van der Waals surface area (Å²) in [5.74, 6) is 0.113. The number of amides is 2. The Bertz CT molecular complexity index is 516. The summed E-state index contributed by atoms with van der Waals surface area (Å²) < 4.78 is 0. The summed E-state index contributed by atoms with van der Waals surface area (Å²) in [6.45, 7) is 2.14. The van der Waals surface area contributed by atoms with E-state index in [9.17, 15) is 9.59 Å². The van der Waals surface area contributed by atoms with Gasteiger partial charge in [-0.3, -0.25) is 9.59 Å². The third-order valence-corrected chi connectivity index (χ3v) is 4.05. The van der Waals surface area contributed by atoms with E-state index in [1.54, 1.807) is 0 Å². The van der Waals surface area contributed by atoms with Crippen molar-refractivity contribution < 1.29 is 9.59 Å². The van der Waals surface area contributed by atoms with E-state index in [2.05, 4.69) is 5.32 Å². The summed E-state index contributed by atoms with van der Waals surface area (Å²) in [4.78, 5) is 25.7. The van der Waals surface area contributed by atoms with E-state index in [1.807, 2.05) is 29.2 Å². The summed E-state index contributed by atoms with van der Waals surface area (Å²) in [6, 6.07) is 7.57. The third kappa shape index (κ3) is 6.48. The Morgan fingerprint density at radius 1 is 1.09 bits per heavy atom. The van der Waals surface area contributed by atoms with E-state index in [1.165, 1.54) is 6.42 Å². The number of para-hydroxylation sites is 1. The predicted octanol–water partition coefficient (Wildman–Crippen LogP) is 2.14. The number of benzene rings is 1. The van der Waals surface area contributed by atoms with Crippen molar-refractivity contribution in [3.05, 3.63) is 29.8 Å². The van der Waals surface area contributed by atoms with E-state index in [0.717, 1.165) is 37.2 Å². The number of rotatable bonds is 6. The zero-order chi connectivity index (χ0) is 15.8. The fraction of sp³-hybridized carbons (Fsp3) is 0.529. The van der Waals surface area contributed by atoms with E-state index in [-0.39, 0.29) is 24.2 Å². The molecule has 0 atom stereocenters. The molecule has 1 aromatic carbocycles. The molecule has 0 aromatic heterocycles. The van der Waals surface area contributed by atoms with Crippen LogP contribution in [0.4, 0.5) is 5.69 Å². The molecule has 1 saturated heterocycles. The summed E-state index contributed by atoms with van der Waals surface area (Å²) in [7, 11) is 0. The second kappa shape index (κ2) is 10.1. The van der Waals surface area contributed by atoms with Crippen LogP contribution in [0.5, 0.6) is 0 Å². The maximum atomic E-state index is 12.0. The SMILES string of the molecule is Cl.Nc1ccccc1CCC(=O)NCCC(=O)N1CCCCC1. The number of nitrogens with zero attached hydrogens (tertiary/aromatic N) is 1. The smallest absolute Gasteiger partial charge is 0.224 e. The Hall–Kier alpha value is -1.75. The van der Waals surface area contributed by atoms with Crippen LogP contribution in [0.2, 0.25) is 0 Å². The molecule has 1 heterocycles. The molecule has 5 nitrogen and oxygen atoms in total. The second-order valence-corrected chi connectivity index (χ2v) is 5.74. The summed E-state index contributed by atoms with van der Waals surface area (Å²) in [5, 5.41) is 2.82. The van der Waals surface area contributed by atoms with Gasteiger partial charge in [-0.05, 0) is 37.3 Å². The minimum absolute atomic E-state index is 0. The van der Waals surface area contributed by atoms with Gasteiger partial charge in [-0.2, -0.15) is 0 Å². The van der Waals surface area contributed by atoms with Crippen LogP contribution in [-0.2, 0) is 16.0 Å². The molecule has 1 aliphatic heterocycles. The first-order valence-electron chi connectivity index (χ1n) is 8.04. The predicted molar refractivity (Wildman–Crippen MR) is 94.5 cm³/mol. The minimum atomic E-state index is -0.0327. The lowest BCUT2D eigenvalue weighted by Crippen LogP contribution is -2.37. The number of piperidine rings is 1. The van der Waals surface area contributed by atoms with Crippen molar-refractivity contribution in [2.75, 3.05) is 25.4 Å². The standard InChI is InChI=1S/C17H25N3O2.ClH/c18-15-7-3-2-6-14(15)8-9-16(21)19-11-10-17(22)20-12-4-1-5-13-20;/h2-3,6-7H,1,4-5,8-13,18H2,(H,19,21);1H. The molecule has 0 aliphatic carbocycles. The highest BCUT2D eigenvalue weighted by atomic mass is 35.5. The van der Waals surface area contributed by atoms with E-state index in [0.29, 0.717) is 25.8 Å². The summed E-state index contributed by atoms with van der Waals surface area (Å²) in [6.07, 6.45) is 4.81. The number of nitrogens with two attached hydrogens (primary N) is 1. The maximum Gasteiger partial charge on any atom is 0.224 e. The number of anilines is 1. The van der Waals surface area contributed by atoms with Crippen LogP contribution >= 0.6 is 12.4 Å². The van der Waals surface area contributed by atoms with Crippen molar-refractivity contribution in [2.45, 2.75) is 38.5 Å². The first-order valence-corrected chi connectivity index (χ1v) is 8.04. The lowest BCUT2D eigenvalue weighted by atomic mass is 10.1. The normalized spacial score (nSPS) is 14.0. The van der Waals surface area contributed by atoms with Crippen molar-refractivity contribution in [1.82, 2.24) is 10.2 Å². The van der Waals surface area contributed by atoms with Crippen LogP contribution < -0.4 is 11.1 Å². The Morgan fingerprint density at radius 2 is 1.78 bits per heavy atom. The van der Waals surface area contributed by atoms with Gasteiger partial charge in [0.2, 0.25) is 11.8 Å². The van der Waals surface area contributed by atoms with Gasteiger partial charge in [0.15, 0.2) is 0 Å². The molecule has 1 fully saturated rings. The zero-order valence-electron chi connectivity index (χ0n) is 13.4. The topological polar surface area (TPSA) is 75.4 Å². The van der Waals surface area contributed by atoms with Crippen molar-refractivity contribution in [2.24, 2.45) is 0 Å². The molecule has 3 N–H and O–H groups in total. The fourth-order valence-corrected chi connectivity index (χ4v) is 2.71. The first-order chi connectivity index (χ1) is 10.7. The van der Waals surface area contributed by atoms with Gasteiger partial charge in [0.25, 0.3) is 0 Å². The first kappa shape index (κ1) is 19.3. The molecule has 6 heteroatoms. The number of hydrogen-bond donors (Lipinski definition) is 2. The quantitative estimate of drug-likeness (QED) is 0.780. The molecule has 0 unspecified atom stereocenters. The average Bonchev–Trinajstić information content (AvgIpc) is 2.55. The van der Waals surface area contributed by atoms with Crippen LogP contribution in [0.3, 0.4) is 0 Å². The van der Waals surface area contributed by atoms with E-state index >= 15 is 0 Å². The van der Waals surface area contributed by atoms with Crippen LogP contribution in [0, 0.1) is 0 Å². The number of carbonyl (C=O) groups excluding carboxylic acids is 2. The highest BCUT2D eigenvalue weighted by molar-refractivity contribution is 5.85. The number of nitrogen functional groups attached to an aromatic ring is 1. The van der Waals surface area contributed by atoms with Crippen molar-refractivity contribution in [3.8, 4) is 0 Å². The van der Waals surface area contributed by atoms with Gasteiger partial charge in [-0.25, -0.2) is 0 Å². The molecule has 2 rings (SSSR count). The Kier molecular flexibility index (Phi) is 8.48. The zero-order valence-corrected chi connectivity index (χ0v) is 14.2. The monoisotopic (exact) mass is 339 g/mol. The molecule has 0 radical (unpaired) electrons. The van der Waals surface area contributed by atoms with E-state index < -0.39 is 0 Å². The minimum Gasteiger partial charge on any atom is -0.399 e. The lowest BCUT2D eigenvalue weighted by Gasteiger charge is -2.26.